The third-order valence-corrected chi connectivity index (χ3v) is 3.59. The van der Waals surface area contributed by atoms with Crippen LogP contribution in [0.2, 0.25) is 0 Å². The van der Waals surface area contributed by atoms with Crippen LogP contribution in [0.3, 0.4) is 0 Å². The third kappa shape index (κ3) is 3.49. The summed E-state index contributed by atoms with van der Waals surface area (Å²) in [6.45, 7) is 0. The van der Waals surface area contributed by atoms with E-state index in [1.165, 1.54) is 24.3 Å². The summed E-state index contributed by atoms with van der Waals surface area (Å²) in [5, 5.41) is 28.1. The molecule has 0 saturated heterocycles. The summed E-state index contributed by atoms with van der Waals surface area (Å²) in [5.41, 5.74) is -1.61. The molecule has 0 bridgehead atoms. The number of aliphatic carboxylic acids is 1. The molecule has 138 valence electrons. The second-order valence-corrected chi connectivity index (χ2v) is 5.42. The van der Waals surface area contributed by atoms with Crippen molar-refractivity contribution in [3.8, 4) is 11.7 Å². The van der Waals surface area contributed by atoms with Crippen molar-refractivity contribution in [2.24, 2.45) is 0 Å². The molecule has 0 radical (unpaired) electrons. The SMILES string of the molecule is O=C(O)Cc1[nH]c(=O)cc(O)c1C(=O)Oc1cc2c(C(=O)O)cccc2o1. The summed E-state index contributed by atoms with van der Waals surface area (Å²) in [4.78, 5) is 48.1. The lowest BCUT2D eigenvalue weighted by atomic mass is 10.1. The Labute approximate surface area is 149 Å². The fourth-order valence-corrected chi connectivity index (χ4v) is 2.53. The number of hydrogen-bond acceptors (Lipinski definition) is 7. The smallest absolute Gasteiger partial charge is 0.351 e. The number of hydrogen-bond donors (Lipinski definition) is 4. The molecule has 0 atom stereocenters. The van der Waals surface area contributed by atoms with Crippen LogP contribution in [-0.2, 0) is 11.2 Å². The minimum absolute atomic E-state index is 0.0722. The number of furan rings is 1. The molecule has 0 saturated carbocycles. The molecule has 0 aliphatic carbocycles. The van der Waals surface area contributed by atoms with Gasteiger partial charge in [0.2, 0.25) is 0 Å². The number of fused-ring (bicyclic) bond motifs is 1. The van der Waals surface area contributed by atoms with Gasteiger partial charge in [0.1, 0.15) is 16.9 Å². The topological polar surface area (TPSA) is 167 Å². The Balaban J connectivity index is 2.00. The van der Waals surface area contributed by atoms with Gasteiger partial charge in [-0.3, -0.25) is 9.59 Å². The molecule has 0 spiro atoms. The second-order valence-electron chi connectivity index (χ2n) is 5.42. The molecule has 10 heteroatoms. The zero-order chi connectivity index (χ0) is 19.7. The number of esters is 1. The number of rotatable bonds is 5. The maximum Gasteiger partial charge on any atom is 0.351 e. The van der Waals surface area contributed by atoms with Crippen molar-refractivity contribution in [1.29, 1.82) is 0 Å². The van der Waals surface area contributed by atoms with Crippen molar-refractivity contribution in [1.82, 2.24) is 4.98 Å². The Morgan fingerprint density at radius 3 is 2.56 bits per heavy atom. The predicted molar refractivity (Wildman–Crippen MR) is 88.2 cm³/mol. The van der Waals surface area contributed by atoms with Gasteiger partial charge in [-0.2, -0.15) is 0 Å². The fourth-order valence-electron chi connectivity index (χ4n) is 2.53. The number of aromatic carboxylic acids is 1. The van der Waals surface area contributed by atoms with Gasteiger partial charge in [-0.15, -0.1) is 0 Å². The van der Waals surface area contributed by atoms with Crippen molar-refractivity contribution >= 4 is 28.9 Å². The first kappa shape index (κ1) is 17.7. The van der Waals surface area contributed by atoms with Gasteiger partial charge in [0.05, 0.1) is 12.0 Å². The zero-order valence-corrected chi connectivity index (χ0v) is 13.4. The number of carbonyl (C=O) groups excluding carboxylic acids is 1. The van der Waals surface area contributed by atoms with Gasteiger partial charge in [-0.1, -0.05) is 6.07 Å². The number of carboxylic acid groups (broad SMARTS) is 2. The van der Waals surface area contributed by atoms with E-state index in [-0.39, 0.29) is 28.2 Å². The Morgan fingerprint density at radius 1 is 1.15 bits per heavy atom. The minimum Gasteiger partial charge on any atom is -0.507 e. The van der Waals surface area contributed by atoms with Gasteiger partial charge in [-0.05, 0) is 12.1 Å². The Hall–Kier alpha value is -4.08. The number of carboxylic acids is 2. The molecule has 3 aromatic rings. The number of aromatic amines is 1. The van der Waals surface area contributed by atoms with E-state index in [0.717, 1.165) is 0 Å². The molecule has 10 nitrogen and oxygen atoms in total. The van der Waals surface area contributed by atoms with Crippen molar-refractivity contribution < 1.29 is 38.9 Å². The summed E-state index contributed by atoms with van der Waals surface area (Å²) < 4.78 is 10.2. The number of benzene rings is 1. The summed E-state index contributed by atoms with van der Waals surface area (Å²) >= 11 is 0. The first-order valence-corrected chi connectivity index (χ1v) is 7.41. The largest absolute Gasteiger partial charge is 0.507 e. The third-order valence-electron chi connectivity index (χ3n) is 3.59. The van der Waals surface area contributed by atoms with Crippen molar-refractivity contribution in [3.63, 3.8) is 0 Å². The highest BCUT2D eigenvalue weighted by Gasteiger charge is 2.23. The molecule has 1 aromatic carbocycles. The highest BCUT2D eigenvalue weighted by atomic mass is 16.6. The van der Waals surface area contributed by atoms with Crippen LogP contribution in [0.15, 0.2) is 39.5 Å². The fraction of sp³-hybridized carbons (Fsp3) is 0.0588. The Morgan fingerprint density at radius 2 is 1.89 bits per heavy atom. The highest BCUT2D eigenvalue weighted by molar-refractivity contribution is 6.03. The number of H-pyrrole nitrogens is 1. The molecule has 3 rings (SSSR count). The molecule has 0 aliphatic heterocycles. The second kappa shape index (κ2) is 6.67. The minimum atomic E-state index is -1.35. The van der Waals surface area contributed by atoms with E-state index in [4.69, 9.17) is 19.4 Å². The average Bonchev–Trinajstić information content (AvgIpc) is 2.95. The van der Waals surface area contributed by atoms with E-state index in [9.17, 15) is 24.3 Å². The van der Waals surface area contributed by atoms with Gasteiger partial charge in [0.15, 0.2) is 0 Å². The summed E-state index contributed by atoms with van der Waals surface area (Å²) in [5.74, 6) is -4.87. The molecular weight excluding hydrogens is 362 g/mol. The number of nitrogens with one attached hydrogen (secondary N) is 1. The van der Waals surface area contributed by atoms with Gasteiger partial charge in [0, 0.05) is 23.2 Å². The normalized spacial score (nSPS) is 10.7. The molecule has 0 aliphatic rings. The maximum atomic E-state index is 12.4. The van der Waals surface area contributed by atoms with Crippen LogP contribution in [0.4, 0.5) is 0 Å². The van der Waals surface area contributed by atoms with Crippen LogP contribution >= 0.6 is 0 Å². The molecule has 4 N–H and O–H groups in total. The molecule has 2 aromatic heterocycles. The van der Waals surface area contributed by atoms with E-state index in [1.54, 1.807) is 0 Å². The Bertz CT molecular complexity index is 1140. The van der Waals surface area contributed by atoms with Crippen LogP contribution < -0.4 is 10.3 Å². The molecular formula is C17H11NO9. The highest BCUT2D eigenvalue weighted by Crippen LogP contribution is 2.29. The monoisotopic (exact) mass is 373 g/mol. The van der Waals surface area contributed by atoms with Crippen LogP contribution in [0, 0.1) is 0 Å². The number of carbonyl (C=O) groups is 3. The number of aromatic hydroxyl groups is 1. The first-order valence-electron chi connectivity index (χ1n) is 7.41. The lowest BCUT2D eigenvalue weighted by Gasteiger charge is -2.08. The van der Waals surface area contributed by atoms with E-state index in [2.05, 4.69) is 4.98 Å². The summed E-state index contributed by atoms with van der Waals surface area (Å²) in [7, 11) is 0. The zero-order valence-electron chi connectivity index (χ0n) is 13.4. The average molecular weight is 373 g/mol. The lowest BCUT2D eigenvalue weighted by Crippen LogP contribution is -2.19. The van der Waals surface area contributed by atoms with Crippen LogP contribution in [0.5, 0.6) is 11.7 Å². The lowest BCUT2D eigenvalue weighted by molar-refractivity contribution is -0.136. The van der Waals surface area contributed by atoms with Crippen molar-refractivity contribution in [2.75, 3.05) is 0 Å². The van der Waals surface area contributed by atoms with Crippen LogP contribution in [0.25, 0.3) is 11.0 Å². The molecule has 27 heavy (non-hydrogen) atoms. The molecule has 2 heterocycles. The molecule has 0 unspecified atom stereocenters. The van der Waals surface area contributed by atoms with Crippen molar-refractivity contribution in [3.05, 3.63) is 57.5 Å². The number of aromatic nitrogens is 1. The van der Waals surface area contributed by atoms with E-state index in [1.807, 2.05) is 0 Å². The first-order chi connectivity index (χ1) is 12.8. The van der Waals surface area contributed by atoms with E-state index in [0.29, 0.717) is 6.07 Å². The summed E-state index contributed by atoms with van der Waals surface area (Å²) in [6.07, 6.45) is -0.739. The van der Waals surface area contributed by atoms with E-state index >= 15 is 0 Å². The standard InChI is InChI=1S/C17H11NO9/c19-10-6-12(20)18-9(5-13(21)22)15(10)17(25)27-14-4-8-7(16(23)24)2-1-3-11(8)26-14/h1-4,6H,5H2,(H,21,22)(H,23,24)(H2,18,19,20). The van der Waals surface area contributed by atoms with Gasteiger partial charge in [-0.25, -0.2) is 9.59 Å². The molecule has 0 fully saturated rings. The van der Waals surface area contributed by atoms with Gasteiger partial charge in [0.25, 0.3) is 11.5 Å². The van der Waals surface area contributed by atoms with Gasteiger partial charge < -0.3 is 29.5 Å². The number of ether oxygens (including phenoxy) is 1. The maximum absolute atomic E-state index is 12.4. The van der Waals surface area contributed by atoms with Gasteiger partial charge >= 0.3 is 17.9 Å². The summed E-state index contributed by atoms with van der Waals surface area (Å²) in [6, 6.07) is 6.12. The van der Waals surface area contributed by atoms with Crippen LogP contribution in [0.1, 0.15) is 26.4 Å². The van der Waals surface area contributed by atoms with Crippen molar-refractivity contribution in [2.45, 2.75) is 6.42 Å². The Kier molecular flexibility index (Phi) is 4.38. The van der Waals surface area contributed by atoms with Crippen LogP contribution in [-0.4, -0.2) is 38.2 Å². The quantitative estimate of drug-likeness (QED) is 0.483. The molecule has 0 amide bonds. The predicted octanol–water partition coefficient (Wildman–Crippen LogP) is 1.37. The number of pyridine rings is 1. The van der Waals surface area contributed by atoms with E-state index < -0.39 is 41.2 Å².